The Morgan fingerprint density at radius 2 is 2.14 bits per heavy atom. The maximum absolute atomic E-state index is 6.13. The lowest BCUT2D eigenvalue weighted by Crippen LogP contribution is -2.18. The summed E-state index contributed by atoms with van der Waals surface area (Å²) in [6.45, 7) is 8.82. The van der Waals surface area contributed by atoms with Gasteiger partial charge >= 0.3 is 0 Å². The van der Waals surface area contributed by atoms with Crippen molar-refractivity contribution in [3.63, 3.8) is 0 Å². The molecule has 1 aromatic rings. The van der Waals surface area contributed by atoms with Crippen LogP contribution in [0.15, 0.2) is 11.4 Å². The van der Waals surface area contributed by atoms with E-state index in [0.29, 0.717) is 4.75 Å². The average Bonchev–Trinajstić information content (AvgIpc) is 2.46. The lowest BCUT2D eigenvalue weighted by molar-refractivity contribution is 0.778. The van der Waals surface area contributed by atoms with Gasteiger partial charge in [-0.05, 0) is 23.9 Å². The maximum Gasteiger partial charge on any atom is 0.0397 e. The van der Waals surface area contributed by atoms with Crippen LogP contribution in [0.3, 0.4) is 0 Å². The fraction of sp³-hybridized carbons (Fsp3) is 0.636. The summed E-state index contributed by atoms with van der Waals surface area (Å²) in [4.78, 5) is 1.35. The summed E-state index contributed by atoms with van der Waals surface area (Å²) < 4.78 is 0.307. The summed E-state index contributed by atoms with van der Waals surface area (Å²) in [5, 5.41) is 2.12. The van der Waals surface area contributed by atoms with Crippen molar-refractivity contribution in [3.05, 3.63) is 21.9 Å². The van der Waals surface area contributed by atoms with Crippen LogP contribution in [0, 0.1) is 6.92 Å². The molecule has 0 aliphatic rings. The number of rotatable bonds is 3. The zero-order valence-electron chi connectivity index (χ0n) is 9.33. The van der Waals surface area contributed by atoms with E-state index in [4.69, 9.17) is 5.73 Å². The Bertz CT molecular complexity index is 286. The number of thiophene rings is 1. The highest BCUT2D eigenvalue weighted by atomic mass is 32.2. The SMILES string of the molecule is Cc1sccc1C(N)CSC(C)(C)C. The minimum Gasteiger partial charge on any atom is -0.323 e. The molecule has 1 nitrogen and oxygen atoms in total. The number of thioether (sulfide) groups is 1. The zero-order chi connectivity index (χ0) is 10.8. The Kier molecular flexibility index (Phi) is 4.04. The first kappa shape index (κ1) is 12.1. The van der Waals surface area contributed by atoms with Gasteiger partial charge in [-0.2, -0.15) is 11.8 Å². The topological polar surface area (TPSA) is 26.0 Å². The molecule has 0 fully saturated rings. The van der Waals surface area contributed by atoms with Gasteiger partial charge in [-0.15, -0.1) is 11.3 Å². The molecule has 3 heteroatoms. The number of hydrogen-bond acceptors (Lipinski definition) is 3. The minimum atomic E-state index is 0.186. The summed E-state index contributed by atoms with van der Waals surface area (Å²) in [5.41, 5.74) is 7.45. The van der Waals surface area contributed by atoms with Crippen molar-refractivity contribution in [2.24, 2.45) is 5.73 Å². The van der Waals surface area contributed by atoms with Gasteiger partial charge in [0, 0.05) is 21.4 Å². The molecule has 0 radical (unpaired) electrons. The fourth-order valence-corrected chi connectivity index (χ4v) is 2.84. The minimum absolute atomic E-state index is 0.186. The summed E-state index contributed by atoms with van der Waals surface area (Å²) in [5.74, 6) is 1.00. The molecule has 2 N–H and O–H groups in total. The first-order chi connectivity index (χ1) is 6.40. The highest BCUT2D eigenvalue weighted by molar-refractivity contribution is 8.00. The largest absolute Gasteiger partial charge is 0.323 e. The zero-order valence-corrected chi connectivity index (χ0v) is 11.0. The Morgan fingerprint density at radius 3 is 2.57 bits per heavy atom. The molecule has 0 spiro atoms. The maximum atomic E-state index is 6.13. The molecule has 14 heavy (non-hydrogen) atoms. The summed E-state index contributed by atoms with van der Waals surface area (Å²) in [6, 6.07) is 2.33. The summed E-state index contributed by atoms with van der Waals surface area (Å²) in [7, 11) is 0. The Balaban J connectivity index is 2.51. The first-order valence-corrected chi connectivity index (χ1v) is 6.70. The van der Waals surface area contributed by atoms with Gasteiger partial charge in [0.2, 0.25) is 0 Å². The van der Waals surface area contributed by atoms with Crippen LogP contribution in [0.4, 0.5) is 0 Å². The van der Waals surface area contributed by atoms with Crippen LogP contribution in [-0.2, 0) is 0 Å². The van der Waals surface area contributed by atoms with Crippen LogP contribution in [-0.4, -0.2) is 10.5 Å². The summed E-state index contributed by atoms with van der Waals surface area (Å²) in [6.07, 6.45) is 0. The van der Waals surface area contributed by atoms with Crippen molar-refractivity contribution < 1.29 is 0 Å². The van der Waals surface area contributed by atoms with Gasteiger partial charge in [-0.25, -0.2) is 0 Å². The van der Waals surface area contributed by atoms with Crippen molar-refractivity contribution in [3.8, 4) is 0 Å². The molecule has 0 saturated carbocycles. The lowest BCUT2D eigenvalue weighted by atomic mass is 10.1. The van der Waals surface area contributed by atoms with E-state index in [1.54, 1.807) is 11.3 Å². The second kappa shape index (κ2) is 4.69. The standard InChI is InChI=1S/C11H19NS2/c1-8-9(5-6-13-8)10(12)7-14-11(2,3)4/h5-6,10H,7,12H2,1-4H3. The third-order valence-corrected chi connectivity index (χ3v) is 4.25. The molecule has 0 amide bonds. The van der Waals surface area contributed by atoms with Crippen LogP contribution >= 0.6 is 23.1 Å². The predicted molar refractivity (Wildman–Crippen MR) is 68.2 cm³/mol. The molecule has 0 aliphatic carbocycles. The molecule has 0 aromatic carbocycles. The number of nitrogens with two attached hydrogens (primary N) is 1. The van der Waals surface area contributed by atoms with Crippen molar-refractivity contribution in [2.75, 3.05) is 5.75 Å². The Labute approximate surface area is 95.1 Å². The second-order valence-corrected chi connectivity index (χ2v) is 7.43. The number of aryl methyl sites for hydroxylation is 1. The van der Waals surface area contributed by atoms with E-state index in [9.17, 15) is 0 Å². The molecule has 1 rings (SSSR count). The second-order valence-electron chi connectivity index (χ2n) is 4.46. The van der Waals surface area contributed by atoms with Crippen molar-refractivity contribution in [2.45, 2.75) is 38.5 Å². The molecule has 0 saturated heterocycles. The molecule has 1 aromatic heterocycles. The normalized spacial score (nSPS) is 14.4. The van der Waals surface area contributed by atoms with Gasteiger partial charge in [0.15, 0.2) is 0 Å². The molecule has 0 bridgehead atoms. The quantitative estimate of drug-likeness (QED) is 0.857. The van der Waals surface area contributed by atoms with Gasteiger partial charge in [-0.1, -0.05) is 20.8 Å². The first-order valence-electron chi connectivity index (χ1n) is 4.83. The third kappa shape index (κ3) is 3.64. The van der Waals surface area contributed by atoms with Crippen molar-refractivity contribution >= 4 is 23.1 Å². The lowest BCUT2D eigenvalue weighted by Gasteiger charge is -2.20. The van der Waals surface area contributed by atoms with Crippen LogP contribution in [0.1, 0.15) is 37.3 Å². The van der Waals surface area contributed by atoms with Crippen LogP contribution in [0.5, 0.6) is 0 Å². The van der Waals surface area contributed by atoms with Gasteiger partial charge in [-0.3, -0.25) is 0 Å². The monoisotopic (exact) mass is 229 g/mol. The van der Waals surface area contributed by atoms with Gasteiger partial charge in [0.25, 0.3) is 0 Å². The van der Waals surface area contributed by atoms with E-state index in [1.165, 1.54) is 10.4 Å². The molecule has 0 aliphatic heterocycles. The van der Waals surface area contributed by atoms with Crippen molar-refractivity contribution in [1.29, 1.82) is 0 Å². The van der Waals surface area contributed by atoms with Gasteiger partial charge in [0.05, 0.1) is 0 Å². The molecular formula is C11H19NS2. The molecular weight excluding hydrogens is 210 g/mol. The third-order valence-electron chi connectivity index (χ3n) is 1.99. The van der Waals surface area contributed by atoms with Crippen LogP contribution < -0.4 is 5.73 Å². The Hall–Kier alpha value is 0.01000. The fourth-order valence-electron chi connectivity index (χ4n) is 1.21. The van der Waals surface area contributed by atoms with Crippen molar-refractivity contribution in [1.82, 2.24) is 0 Å². The molecule has 80 valence electrons. The van der Waals surface area contributed by atoms with Crippen LogP contribution in [0.2, 0.25) is 0 Å². The van der Waals surface area contributed by atoms with E-state index in [-0.39, 0.29) is 6.04 Å². The van der Waals surface area contributed by atoms with E-state index >= 15 is 0 Å². The van der Waals surface area contributed by atoms with Gasteiger partial charge < -0.3 is 5.73 Å². The summed E-state index contributed by atoms with van der Waals surface area (Å²) >= 11 is 3.71. The molecule has 1 unspecified atom stereocenters. The number of hydrogen-bond donors (Lipinski definition) is 1. The van der Waals surface area contributed by atoms with Crippen LogP contribution in [0.25, 0.3) is 0 Å². The smallest absolute Gasteiger partial charge is 0.0397 e. The predicted octanol–water partition coefficient (Wildman–Crippen LogP) is 3.59. The highest BCUT2D eigenvalue weighted by Gasteiger charge is 2.15. The average molecular weight is 229 g/mol. The van der Waals surface area contributed by atoms with E-state index < -0.39 is 0 Å². The Morgan fingerprint density at radius 1 is 1.50 bits per heavy atom. The van der Waals surface area contributed by atoms with E-state index in [1.807, 2.05) is 11.8 Å². The molecule has 1 atom stereocenters. The molecule has 1 heterocycles. The van der Waals surface area contributed by atoms with E-state index in [0.717, 1.165) is 5.75 Å². The highest BCUT2D eigenvalue weighted by Crippen LogP contribution is 2.29. The van der Waals surface area contributed by atoms with Gasteiger partial charge in [0.1, 0.15) is 0 Å². The van der Waals surface area contributed by atoms with E-state index in [2.05, 4.69) is 39.1 Å².